The molecule has 3 heteroatoms. The van der Waals surface area contributed by atoms with Crippen molar-refractivity contribution in [1.29, 1.82) is 0 Å². The summed E-state index contributed by atoms with van der Waals surface area (Å²) in [5.74, 6) is 0.350. The van der Waals surface area contributed by atoms with Crippen LogP contribution in [0.25, 0.3) is 0 Å². The Balaban J connectivity index is 2.34. The van der Waals surface area contributed by atoms with Crippen LogP contribution in [0, 0.1) is 5.41 Å². The van der Waals surface area contributed by atoms with Gasteiger partial charge in [-0.15, -0.1) is 0 Å². The minimum atomic E-state index is 0.330. The van der Waals surface area contributed by atoms with E-state index >= 15 is 0 Å². The predicted molar refractivity (Wildman–Crippen MR) is 76.6 cm³/mol. The summed E-state index contributed by atoms with van der Waals surface area (Å²) in [6.07, 6.45) is 5.12. The van der Waals surface area contributed by atoms with Crippen LogP contribution in [0.1, 0.15) is 59.8 Å². The van der Waals surface area contributed by atoms with Crippen LogP contribution in [-0.2, 0) is 4.79 Å². The maximum absolute atomic E-state index is 12.0. The lowest BCUT2D eigenvalue weighted by Crippen LogP contribution is -2.36. The maximum Gasteiger partial charge on any atom is 0.222 e. The van der Waals surface area contributed by atoms with Gasteiger partial charge >= 0.3 is 0 Å². The maximum atomic E-state index is 12.0. The van der Waals surface area contributed by atoms with Crippen molar-refractivity contribution in [3.8, 4) is 0 Å². The molecule has 0 radical (unpaired) electrons. The lowest BCUT2D eigenvalue weighted by molar-refractivity contribution is -0.130. The summed E-state index contributed by atoms with van der Waals surface area (Å²) >= 11 is 0. The number of carbonyl (C=O) groups is 1. The van der Waals surface area contributed by atoms with Gasteiger partial charge in [0.15, 0.2) is 0 Å². The molecule has 3 nitrogen and oxygen atoms in total. The van der Waals surface area contributed by atoms with E-state index < -0.39 is 0 Å². The van der Waals surface area contributed by atoms with Gasteiger partial charge in [-0.05, 0) is 44.6 Å². The van der Waals surface area contributed by atoms with Crippen LogP contribution >= 0.6 is 0 Å². The van der Waals surface area contributed by atoms with Crippen LogP contribution in [0.15, 0.2) is 0 Å². The van der Waals surface area contributed by atoms with Crippen molar-refractivity contribution >= 4 is 5.91 Å². The topological polar surface area (TPSA) is 32.3 Å². The van der Waals surface area contributed by atoms with Gasteiger partial charge in [0, 0.05) is 25.6 Å². The highest BCUT2D eigenvalue weighted by atomic mass is 16.2. The molecule has 18 heavy (non-hydrogen) atoms. The quantitative estimate of drug-likeness (QED) is 0.790. The van der Waals surface area contributed by atoms with Crippen LogP contribution in [0.5, 0.6) is 0 Å². The van der Waals surface area contributed by atoms with Crippen LogP contribution in [0.3, 0.4) is 0 Å². The van der Waals surface area contributed by atoms with E-state index in [0.717, 1.165) is 45.3 Å². The fourth-order valence-corrected chi connectivity index (χ4v) is 2.37. The van der Waals surface area contributed by atoms with Crippen molar-refractivity contribution < 1.29 is 4.79 Å². The minimum absolute atomic E-state index is 0.330. The number of likely N-dealkylation sites (tertiary alicyclic amines) is 1. The smallest absolute Gasteiger partial charge is 0.222 e. The van der Waals surface area contributed by atoms with Gasteiger partial charge in [0.25, 0.3) is 0 Å². The number of hydrogen-bond donors (Lipinski definition) is 1. The van der Waals surface area contributed by atoms with Gasteiger partial charge in [0.05, 0.1) is 0 Å². The Kier molecular flexibility index (Phi) is 6.13. The van der Waals surface area contributed by atoms with Gasteiger partial charge in [-0.25, -0.2) is 0 Å². The van der Waals surface area contributed by atoms with Crippen molar-refractivity contribution in [3.05, 3.63) is 0 Å². The van der Waals surface area contributed by atoms with Gasteiger partial charge in [-0.1, -0.05) is 20.8 Å². The summed E-state index contributed by atoms with van der Waals surface area (Å²) in [4.78, 5) is 14.1. The highest BCUT2D eigenvalue weighted by molar-refractivity contribution is 5.76. The molecule has 1 heterocycles. The number of nitrogens with zero attached hydrogens (tertiary/aromatic N) is 1. The average molecular weight is 254 g/mol. The highest BCUT2D eigenvalue weighted by Gasteiger charge is 2.27. The summed E-state index contributed by atoms with van der Waals surface area (Å²) in [5.41, 5.74) is 0.330. The molecule has 1 amide bonds. The fourth-order valence-electron chi connectivity index (χ4n) is 2.37. The molecule has 0 aromatic rings. The zero-order valence-corrected chi connectivity index (χ0v) is 12.6. The molecule has 1 aliphatic rings. The van der Waals surface area contributed by atoms with Crippen LogP contribution in [0.2, 0.25) is 0 Å². The molecule has 1 fully saturated rings. The zero-order chi connectivity index (χ0) is 13.6. The van der Waals surface area contributed by atoms with E-state index in [4.69, 9.17) is 0 Å². The Morgan fingerprint density at radius 2 is 2.11 bits per heavy atom. The number of carbonyl (C=O) groups excluding carboxylic acids is 1. The molecule has 0 aromatic carbocycles. The van der Waals surface area contributed by atoms with Gasteiger partial charge < -0.3 is 10.2 Å². The predicted octanol–water partition coefficient (Wildman–Crippen LogP) is 2.80. The number of amides is 1. The molecule has 1 atom stereocenters. The Bertz CT molecular complexity index is 263. The molecule has 0 saturated carbocycles. The molecule has 0 bridgehead atoms. The molecule has 1 unspecified atom stereocenters. The van der Waals surface area contributed by atoms with E-state index in [0.29, 0.717) is 17.4 Å². The third-order valence-electron chi connectivity index (χ3n) is 4.00. The van der Waals surface area contributed by atoms with E-state index in [1.807, 2.05) is 0 Å². The van der Waals surface area contributed by atoms with E-state index in [-0.39, 0.29) is 0 Å². The number of nitrogens with one attached hydrogen (secondary N) is 1. The standard InChI is InChI=1S/C15H30N2O/c1-5-10-16-13(2)7-11-17-12-9-15(3,4)8-6-14(17)18/h13,16H,5-12H2,1-4H3. The molecule has 0 aromatic heterocycles. The summed E-state index contributed by atoms with van der Waals surface area (Å²) in [7, 11) is 0. The molecule has 1 rings (SSSR count). The minimum Gasteiger partial charge on any atom is -0.343 e. The van der Waals surface area contributed by atoms with Gasteiger partial charge in [0.1, 0.15) is 0 Å². The normalized spacial score (nSPS) is 21.8. The first kappa shape index (κ1) is 15.5. The Morgan fingerprint density at radius 3 is 2.78 bits per heavy atom. The Labute approximate surface area is 112 Å². The second kappa shape index (κ2) is 7.13. The summed E-state index contributed by atoms with van der Waals surface area (Å²) in [6.45, 7) is 11.9. The third-order valence-corrected chi connectivity index (χ3v) is 4.00. The van der Waals surface area contributed by atoms with Crippen molar-refractivity contribution in [2.45, 2.75) is 65.8 Å². The molecule has 0 spiro atoms. The molecule has 1 saturated heterocycles. The summed E-state index contributed by atoms with van der Waals surface area (Å²) in [6, 6.07) is 0.508. The van der Waals surface area contributed by atoms with E-state index in [1.54, 1.807) is 0 Å². The lowest BCUT2D eigenvalue weighted by Gasteiger charge is -2.24. The molecular formula is C15H30N2O. The van der Waals surface area contributed by atoms with Crippen molar-refractivity contribution in [2.75, 3.05) is 19.6 Å². The largest absolute Gasteiger partial charge is 0.343 e. The fraction of sp³-hybridized carbons (Fsp3) is 0.933. The van der Waals surface area contributed by atoms with Gasteiger partial charge in [-0.3, -0.25) is 4.79 Å². The Hall–Kier alpha value is -0.570. The first-order valence-electron chi connectivity index (χ1n) is 7.46. The molecular weight excluding hydrogens is 224 g/mol. The first-order valence-corrected chi connectivity index (χ1v) is 7.46. The molecule has 106 valence electrons. The van der Waals surface area contributed by atoms with Crippen LogP contribution < -0.4 is 5.32 Å². The Morgan fingerprint density at radius 1 is 1.39 bits per heavy atom. The van der Waals surface area contributed by atoms with Crippen molar-refractivity contribution in [3.63, 3.8) is 0 Å². The van der Waals surface area contributed by atoms with Gasteiger partial charge in [-0.2, -0.15) is 0 Å². The number of hydrogen-bond acceptors (Lipinski definition) is 2. The first-order chi connectivity index (χ1) is 8.44. The second-order valence-electron chi connectivity index (χ2n) is 6.44. The third kappa shape index (κ3) is 5.38. The molecule has 1 aliphatic heterocycles. The zero-order valence-electron chi connectivity index (χ0n) is 12.6. The van der Waals surface area contributed by atoms with Crippen LogP contribution in [-0.4, -0.2) is 36.5 Å². The molecule has 0 aliphatic carbocycles. The van der Waals surface area contributed by atoms with Crippen molar-refractivity contribution in [2.24, 2.45) is 5.41 Å². The average Bonchev–Trinajstić information content (AvgIpc) is 2.45. The highest BCUT2D eigenvalue weighted by Crippen LogP contribution is 2.30. The van der Waals surface area contributed by atoms with E-state index in [2.05, 4.69) is 37.9 Å². The van der Waals surface area contributed by atoms with Crippen molar-refractivity contribution in [1.82, 2.24) is 10.2 Å². The number of rotatable bonds is 6. The molecule has 1 N–H and O–H groups in total. The van der Waals surface area contributed by atoms with E-state index in [9.17, 15) is 4.79 Å². The SMILES string of the molecule is CCCNC(C)CCN1CCC(C)(C)CCC1=O. The second-order valence-corrected chi connectivity index (χ2v) is 6.44. The monoisotopic (exact) mass is 254 g/mol. The van der Waals surface area contributed by atoms with Crippen LogP contribution in [0.4, 0.5) is 0 Å². The lowest BCUT2D eigenvalue weighted by atomic mass is 9.85. The van der Waals surface area contributed by atoms with Gasteiger partial charge in [0.2, 0.25) is 5.91 Å². The van der Waals surface area contributed by atoms with E-state index in [1.165, 1.54) is 6.42 Å². The summed E-state index contributed by atoms with van der Waals surface area (Å²) < 4.78 is 0. The summed E-state index contributed by atoms with van der Waals surface area (Å²) in [5, 5.41) is 3.48.